The van der Waals surface area contributed by atoms with Crippen molar-refractivity contribution in [2.75, 3.05) is 18.1 Å². The van der Waals surface area contributed by atoms with Crippen molar-refractivity contribution >= 4 is 29.3 Å². The van der Waals surface area contributed by atoms with Crippen molar-refractivity contribution < 1.29 is 9.59 Å². The maximum atomic E-state index is 12.2. The van der Waals surface area contributed by atoms with Crippen molar-refractivity contribution in [3.05, 3.63) is 60.2 Å². The van der Waals surface area contributed by atoms with Crippen LogP contribution in [0.15, 0.2) is 59.5 Å². The fourth-order valence-corrected chi connectivity index (χ4v) is 2.88. The van der Waals surface area contributed by atoms with Gasteiger partial charge in [-0.2, -0.15) is 0 Å². The van der Waals surface area contributed by atoms with Crippen LogP contribution in [0.2, 0.25) is 0 Å². The zero-order chi connectivity index (χ0) is 16.7. The number of nitrogens with one attached hydrogen (secondary N) is 1. The molecule has 4 nitrogen and oxygen atoms in total. The minimum absolute atomic E-state index is 0.0878. The molecule has 5 heteroatoms. The van der Waals surface area contributed by atoms with Crippen LogP contribution in [0.5, 0.6) is 0 Å². The van der Waals surface area contributed by atoms with Gasteiger partial charge in [0.15, 0.2) is 0 Å². The lowest BCUT2D eigenvalue weighted by molar-refractivity contribution is -0.127. The maximum absolute atomic E-state index is 12.2. The van der Waals surface area contributed by atoms with Gasteiger partial charge in [-0.25, -0.2) is 0 Å². The Hall–Kier alpha value is -2.27. The molecule has 2 rings (SSSR count). The van der Waals surface area contributed by atoms with Gasteiger partial charge < -0.3 is 10.2 Å². The average molecular weight is 328 g/mol. The Balaban J connectivity index is 1.82. The molecule has 0 bridgehead atoms. The zero-order valence-corrected chi connectivity index (χ0v) is 14.1. The lowest BCUT2D eigenvalue weighted by Gasteiger charge is -2.17. The zero-order valence-electron chi connectivity index (χ0n) is 13.3. The summed E-state index contributed by atoms with van der Waals surface area (Å²) < 4.78 is 0. The molecule has 2 aromatic carbocycles. The highest BCUT2D eigenvalue weighted by molar-refractivity contribution is 8.00. The Labute approximate surface area is 140 Å². The molecule has 0 aliphatic rings. The molecule has 0 saturated heterocycles. The van der Waals surface area contributed by atoms with Crippen molar-refractivity contribution in [2.45, 2.75) is 18.4 Å². The quantitative estimate of drug-likeness (QED) is 0.827. The highest BCUT2D eigenvalue weighted by Crippen LogP contribution is 2.21. The first-order valence-corrected chi connectivity index (χ1v) is 8.31. The predicted molar refractivity (Wildman–Crippen MR) is 94.4 cm³/mol. The van der Waals surface area contributed by atoms with Crippen molar-refractivity contribution in [3.63, 3.8) is 0 Å². The van der Waals surface area contributed by atoms with Gasteiger partial charge >= 0.3 is 0 Å². The predicted octanol–water partition coefficient (Wildman–Crippen LogP) is 3.40. The van der Waals surface area contributed by atoms with Gasteiger partial charge in [0.1, 0.15) is 0 Å². The van der Waals surface area contributed by atoms with Crippen LogP contribution in [0.1, 0.15) is 12.5 Å². The van der Waals surface area contributed by atoms with E-state index in [9.17, 15) is 9.59 Å². The molecule has 0 spiro atoms. The number of hydrogen-bond acceptors (Lipinski definition) is 3. The van der Waals surface area contributed by atoms with E-state index in [0.29, 0.717) is 12.3 Å². The van der Waals surface area contributed by atoms with Gasteiger partial charge in [0.2, 0.25) is 11.8 Å². The number of hydrogen-bond donors (Lipinski definition) is 1. The third-order valence-corrected chi connectivity index (χ3v) is 4.22. The summed E-state index contributed by atoms with van der Waals surface area (Å²) in [6, 6.07) is 17.4. The lowest BCUT2D eigenvalue weighted by Crippen LogP contribution is -2.27. The molecule has 120 valence electrons. The normalized spacial score (nSPS) is 10.2. The molecule has 2 amide bonds. The summed E-state index contributed by atoms with van der Waals surface area (Å²) in [6.07, 6.45) is 0. The van der Waals surface area contributed by atoms with Gasteiger partial charge in [0.05, 0.1) is 5.75 Å². The molecule has 0 atom stereocenters. The first-order valence-electron chi connectivity index (χ1n) is 7.33. The second-order valence-electron chi connectivity index (χ2n) is 5.23. The third kappa shape index (κ3) is 5.79. The van der Waals surface area contributed by atoms with E-state index in [0.717, 1.165) is 16.1 Å². The molecule has 0 aliphatic carbocycles. The van der Waals surface area contributed by atoms with Gasteiger partial charge in [0.25, 0.3) is 0 Å². The minimum atomic E-state index is -0.0943. The SMILES string of the molecule is CC(=O)Nc1ccc(SCC(=O)N(C)Cc2ccccc2)cc1. The van der Waals surface area contributed by atoms with Gasteiger partial charge in [-0.15, -0.1) is 11.8 Å². The van der Waals surface area contributed by atoms with Gasteiger partial charge in [-0.1, -0.05) is 30.3 Å². The van der Waals surface area contributed by atoms with Crippen LogP contribution >= 0.6 is 11.8 Å². The first kappa shape index (κ1) is 17.1. The number of carbonyl (C=O) groups excluding carboxylic acids is 2. The van der Waals surface area contributed by atoms with E-state index < -0.39 is 0 Å². The van der Waals surface area contributed by atoms with Gasteiger partial charge in [0, 0.05) is 31.1 Å². The van der Waals surface area contributed by atoms with Crippen LogP contribution in [-0.4, -0.2) is 29.5 Å². The maximum Gasteiger partial charge on any atom is 0.232 e. The first-order chi connectivity index (χ1) is 11.0. The number of rotatable bonds is 6. The van der Waals surface area contributed by atoms with Gasteiger partial charge in [-0.05, 0) is 29.8 Å². The highest BCUT2D eigenvalue weighted by atomic mass is 32.2. The standard InChI is InChI=1S/C18H20N2O2S/c1-14(21)19-16-8-10-17(11-9-16)23-13-18(22)20(2)12-15-6-4-3-5-7-15/h3-11H,12-13H2,1-2H3,(H,19,21). The molecule has 0 radical (unpaired) electrons. The van der Waals surface area contributed by atoms with Crippen LogP contribution in [-0.2, 0) is 16.1 Å². The summed E-state index contributed by atoms with van der Waals surface area (Å²) in [5.74, 6) is 0.385. The van der Waals surface area contributed by atoms with Crippen molar-refractivity contribution in [2.24, 2.45) is 0 Å². The molecule has 0 saturated carbocycles. The monoisotopic (exact) mass is 328 g/mol. The summed E-state index contributed by atoms with van der Waals surface area (Å²) in [5.41, 5.74) is 1.88. The van der Waals surface area contributed by atoms with E-state index in [1.807, 2.05) is 61.6 Å². The summed E-state index contributed by atoms with van der Waals surface area (Å²) in [6.45, 7) is 2.09. The van der Waals surface area contributed by atoms with E-state index in [-0.39, 0.29) is 11.8 Å². The van der Waals surface area contributed by atoms with E-state index in [1.54, 1.807) is 4.90 Å². The fourth-order valence-electron chi connectivity index (χ4n) is 2.04. The van der Waals surface area contributed by atoms with Crippen molar-refractivity contribution in [3.8, 4) is 0 Å². The second kappa shape index (κ2) is 8.39. The Kier molecular flexibility index (Phi) is 6.23. The van der Waals surface area contributed by atoms with Crippen molar-refractivity contribution in [1.82, 2.24) is 4.90 Å². The lowest BCUT2D eigenvalue weighted by atomic mass is 10.2. The van der Waals surface area contributed by atoms with E-state index in [1.165, 1.54) is 18.7 Å². The molecule has 2 aromatic rings. The Morgan fingerprint density at radius 2 is 1.70 bits per heavy atom. The van der Waals surface area contributed by atoms with Crippen LogP contribution in [0, 0.1) is 0 Å². The summed E-state index contributed by atoms with van der Waals surface area (Å²) in [4.78, 5) is 25.9. The number of nitrogens with zero attached hydrogens (tertiary/aromatic N) is 1. The molecular weight excluding hydrogens is 308 g/mol. The summed E-state index contributed by atoms with van der Waals surface area (Å²) in [7, 11) is 1.82. The minimum Gasteiger partial charge on any atom is -0.341 e. The van der Waals surface area contributed by atoms with Crippen LogP contribution in [0.4, 0.5) is 5.69 Å². The summed E-state index contributed by atoms with van der Waals surface area (Å²) in [5, 5.41) is 2.72. The van der Waals surface area contributed by atoms with Crippen LogP contribution < -0.4 is 5.32 Å². The Morgan fingerprint density at radius 3 is 2.30 bits per heavy atom. The molecular formula is C18H20N2O2S. The number of amides is 2. The molecule has 0 heterocycles. The van der Waals surface area contributed by atoms with E-state index in [4.69, 9.17) is 0 Å². The van der Waals surface area contributed by atoms with E-state index in [2.05, 4.69) is 5.32 Å². The number of carbonyl (C=O) groups is 2. The topological polar surface area (TPSA) is 49.4 Å². The smallest absolute Gasteiger partial charge is 0.232 e. The van der Waals surface area contributed by atoms with Gasteiger partial charge in [-0.3, -0.25) is 9.59 Å². The molecule has 0 aromatic heterocycles. The van der Waals surface area contributed by atoms with E-state index >= 15 is 0 Å². The second-order valence-corrected chi connectivity index (χ2v) is 6.28. The molecule has 0 unspecified atom stereocenters. The Morgan fingerprint density at radius 1 is 1.04 bits per heavy atom. The number of thioether (sulfide) groups is 1. The molecule has 0 aliphatic heterocycles. The number of anilines is 1. The summed E-state index contributed by atoms with van der Waals surface area (Å²) >= 11 is 1.49. The van der Waals surface area contributed by atoms with Crippen molar-refractivity contribution in [1.29, 1.82) is 0 Å². The van der Waals surface area contributed by atoms with Crippen LogP contribution in [0.3, 0.4) is 0 Å². The highest BCUT2D eigenvalue weighted by Gasteiger charge is 2.09. The third-order valence-electron chi connectivity index (χ3n) is 3.23. The largest absolute Gasteiger partial charge is 0.341 e. The number of benzene rings is 2. The average Bonchev–Trinajstić information content (AvgIpc) is 2.54. The Bertz CT molecular complexity index is 656. The van der Waals surface area contributed by atoms with Crippen LogP contribution in [0.25, 0.3) is 0 Å². The molecule has 1 N–H and O–H groups in total. The fraction of sp³-hybridized carbons (Fsp3) is 0.222. The molecule has 23 heavy (non-hydrogen) atoms. The molecule has 0 fully saturated rings.